The van der Waals surface area contributed by atoms with Gasteiger partial charge in [-0.05, 0) is 73.0 Å². The van der Waals surface area contributed by atoms with Crippen LogP contribution in [0.4, 0.5) is 0 Å². The highest BCUT2D eigenvalue weighted by molar-refractivity contribution is 7.25. The molecule has 220 valence electrons. The summed E-state index contributed by atoms with van der Waals surface area (Å²) in [6.45, 7) is 0. The molecule has 0 spiro atoms. The number of hydrogen-bond acceptors (Lipinski definition) is 2. The Labute approximate surface area is 275 Å². The average Bonchev–Trinajstić information content (AvgIpc) is 3.78. The second-order valence-corrected chi connectivity index (χ2v) is 13.4. The molecular weight excluding hydrogens is 591 g/mol. The van der Waals surface area contributed by atoms with E-state index in [0.717, 1.165) is 46.4 Å². The van der Waals surface area contributed by atoms with Crippen LogP contribution in [0.25, 0.3) is 81.5 Å². The molecule has 0 bridgehead atoms. The summed E-state index contributed by atoms with van der Waals surface area (Å²) >= 11 is 1.85. The third kappa shape index (κ3) is 3.78. The number of nitrogens with zero attached hydrogens (tertiary/aromatic N) is 3. The van der Waals surface area contributed by atoms with Crippen molar-refractivity contribution >= 4 is 70.3 Å². The fourth-order valence-corrected chi connectivity index (χ4v) is 8.94. The van der Waals surface area contributed by atoms with Crippen LogP contribution in [0, 0.1) is 11.3 Å². The normalized spacial score (nSPS) is 12.8. The van der Waals surface area contributed by atoms with Crippen LogP contribution < -0.4 is 0 Å². The first-order valence-corrected chi connectivity index (χ1v) is 16.9. The van der Waals surface area contributed by atoms with Gasteiger partial charge in [0, 0.05) is 58.8 Å². The molecule has 0 fully saturated rings. The molecule has 0 aliphatic heterocycles. The van der Waals surface area contributed by atoms with E-state index in [1.54, 1.807) is 0 Å². The van der Waals surface area contributed by atoms with Crippen molar-refractivity contribution in [1.29, 1.82) is 5.26 Å². The molecular formula is C43H27N3S. The van der Waals surface area contributed by atoms with Crippen LogP contribution in [-0.4, -0.2) is 9.13 Å². The SMILES string of the molecule is N#Cc1cccc(-n2c3ccccc3c3cc4sc5ccccc5c4cc32)c1-c1ccc(-n2c3c(c4ccccc42)C=CCC3)cc1. The fourth-order valence-electron chi connectivity index (χ4n) is 7.81. The molecule has 0 unspecified atom stereocenters. The van der Waals surface area contributed by atoms with E-state index in [-0.39, 0.29) is 0 Å². The quantitative estimate of drug-likeness (QED) is 0.194. The second-order valence-electron chi connectivity index (χ2n) is 12.3. The summed E-state index contributed by atoms with van der Waals surface area (Å²) < 4.78 is 7.37. The Kier molecular flexibility index (Phi) is 5.64. The summed E-state index contributed by atoms with van der Waals surface area (Å²) in [5, 5.41) is 16.7. The van der Waals surface area contributed by atoms with Crippen LogP contribution in [0.1, 0.15) is 23.2 Å². The molecule has 9 aromatic rings. The van der Waals surface area contributed by atoms with E-state index in [2.05, 4.69) is 143 Å². The predicted molar refractivity (Wildman–Crippen MR) is 198 cm³/mol. The maximum absolute atomic E-state index is 10.4. The number of rotatable bonds is 3. The van der Waals surface area contributed by atoms with Crippen molar-refractivity contribution in [3.05, 3.63) is 150 Å². The van der Waals surface area contributed by atoms with Gasteiger partial charge in [-0.25, -0.2) is 0 Å². The Balaban J connectivity index is 1.21. The minimum atomic E-state index is 0.664. The van der Waals surface area contributed by atoms with Gasteiger partial charge >= 0.3 is 0 Å². The summed E-state index contributed by atoms with van der Waals surface area (Å²) in [4.78, 5) is 0. The molecule has 0 amide bonds. The number of aromatic nitrogens is 2. The molecule has 3 aromatic heterocycles. The lowest BCUT2D eigenvalue weighted by Crippen LogP contribution is -2.03. The average molecular weight is 618 g/mol. The molecule has 1 aliphatic carbocycles. The van der Waals surface area contributed by atoms with Crippen LogP contribution >= 0.6 is 11.3 Å². The number of para-hydroxylation sites is 2. The van der Waals surface area contributed by atoms with E-state index < -0.39 is 0 Å². The highest BCUT2D eigenvalue weighted by atomic mass is 32.1. The van der Waals surface area contributed by atoms with Gasteiger partial charge in [0.1, 0.15) is 0 Å². The van der Waals surface area contributed by atoms with Gasteiger partial charge in [0.2, 0.25) is 0 Å². The Morgan fingerprint density at radius 3 is 2.17 bits per heavy atom. The minimum Gasteiger partial charge on any atom is -0.313 e. The molecule has 0 saturated carbocycles. The van der Waals surface area contributed by atoms with Crippen LogP contribution in [0.3, 0.4) is 0 Å². The topological polar surface area (TPSA) is 33.6 Å². The highest BCUT2D eigenvalue weighted by Gasteiger charge is 2.21. The lowest BCUT2D eigenvalue weighted by atomic mass is 9.97. The van der Waals surface area contributed by atoms with E-state index in [0.29, 0.717) is 5.56 Å². The van der Waals surface area contributed by atoms with Crippen LogP contribution in [0.2, 0.25) is 0 Å². The largest absolute Gasteiger partial charge is 0.313 e. The molecule has 0 radical (unpaired) electrons. The fraction of sp³-hybridized carbons (Fsp3) is 0.0465. The standard InChI is InChI=1S/C43H27N3S/c44-26-28-10-9-18-39(43(28)27-20-22-29(23-21-27)45-36-15-5-1-11-30(36)31-12-2-6-16-37(31)45)46-38-17-7-3-13-32(38)34-25-42-35(24-40(34)46)33-14-4-8-19-41(33)47-42/h1-5,7-15,17-25H,6,16H2. The van der Waals surface area contributed by atoms with Crippen molar-refractivity contribution in [2.75, 3.05) is 0 Å². The van der Waals surface area contributed by atoms with E-state index in [9.17, 15) is 5.26 Å². The first-order chi connectivity index (χ1) is 23.3. The summed E-state index contributed by atoms with van der Waals surface area (Å²) in [5.74, 6) is 0. The Morgan fingerprint density at radius 1 is 0.596 bits per heavy atom. The van der Waals surface area contributed by atoms with Gasteiger partial charge in [0.05, 0.1) is 33.9 Å². The van der Waals surface area contributed by atoms with Crippen molar-refractivity contribution in [3.63, 3.8) is 0 Å². The van der Waals surface area contributed by atoms with Crippen LogP contribution in [0.5, 0.6) is 0 Å². The number of fused-ring (bicyclic) bond motifs is 9. The van der Waals surface area contributed by atoms with Crippen molar-refractivity contribution in [2.24, 2.45) is 0 Å². The molecule has 0 saturated heterocycles. The van der Waals surface area contributed by atoms with Crippen molar-refractivity contribution in [3.8, 4) is 28.6 Å². The molecule has 4 heteroatoms. The Hall–Kier alpha value is -5.89. The summed E-state index contributed by atoms with van der Waals surface area (Å²) in [5.41, 5.74) is 11.0. The lowest BCUT2D eigenvalue weighted by Gasteiger charge is -2.17. The monoisotopic (exact) mass is 617 g/mol. The zero-order valence-electron chi connectivity index (χ0n) is 25.4. The Bertz CT molecular complexity index is 2800. The molecule has 0 N–H and O–H groups in total. The maximum Gasteiger partial charge on any atom is 0.0998 e. The van der Waals surface area contributed by atoms with Crippen molar-refractivity contribution < 1.29 is 0 Å². The molecule has 10 rings (SSSR count). The van der Waals surface area contributed by atoms with Gasteiger partial charge in [-0.15, -0.1) is 11.3 Å². The molecule has 1 aliphatic rings. The van der Waals surface area contributed by atoms with Gasteiger partial charge in [-0.1, -0.05) is 84.9 Å². The highest BCUT2D eigenvalue weighted by Crippen LogP contribution is 2.43. The molecule has 47 heavy (non-hydrogen) atoms. The maximum atomic E-state index is 10.4. The third-order valence-electron chi connectivity index (χ3n) is 9.84. The van der Waals surface area contributed by atoms with Gasteiger partial charge in [0.25, 0.3) is 0 Å². The lowest BCUT2D eigenvalue weighted by molar-refractivity contribution is 0.888. The van der Waals surface area contributed by atoms with Gasteiger partial charge in [0.15, 0.2) is 0 Å². The van der Waals surface area contributed by atoms with Gasteiger partial charge in [-0.2, -0.15) is 5.26 Å². The van der Waals surface area contributed by atoms with Gasteiger partial charge < -0.3 is 9.13 Å². The smallest absolute Gasteiger partial charge is 0.0998 e. The number of hydrogen-bond donors (Lipinski definition) is 0. The van der Waals surface area contributed by atoms with E-state index in [4.69, 9.17) is 0 Å². The minimum absolute atomic E-state index is 0.664. The second kappa shape index (κ2) is 10.1. The van der Waals surface area contributed by atoms with Crippen LogP contribution in [-0.2, 0) is 6.42 Å². The molecule has 3 heterocycles. The number of allylic oxidation sites excluding steroid dienone is 1. The van der Waals surface area contributed by atoms with Crippen molar-refractivity contribution in [2.45, 2.75) is 12.8 Å². The zero-order chi connectivity index (χ0) is 31.1. The zero-order valence-corrected chi connectivity index (χ0v) is 26.3. The van der Waals surface area contributed by atoms with E-state index in [1.165, 1.54) is 53.1 Å². The molecule has 0 atom stereocenters. The van der Waals surface area contributed by atoms with Gasteiger partial charge in [-0.3, -0.25) is 0 Å². The third-order valence-corrected chi connectivity index (χ3v) is 11.0. The number of nitriles is 1. The van der Waals surface area contributed by atoms with E-state index >= 15 is 0 Å². The van der Waals surface area contributed by atoms with Crippen molar-refractivity contribution in [1.82, 2.24) is 9.13 Å². The Morgan fingerprint density at radius 2 is 1.34 bits per heavy atom. The summed E-state index contributed by atoms with van der Waals surface area (Å²) in [7, 11) is 0. The predicted octanol–water partition coefficient (Wildman–Crippen LogP) is 11.6. The van der Waals surface area contributed by atoms with Crippen LogP contribution in [0.15, 0.2) is 133 Å². The molecule has 3 nitrogen and oxygen atoms in total. The number of benzene rings is 6. The summed E-state index contributed by atoms with van der Waals surface area (Å²) in [6, 6.07) is 48.1. The van der Waals surface area contributed by atoms with E-state index in [1.807, 2.05) is 23.5 Å². The molecule has 6 aromatic carbocycles. The number of thiophene rings is 1. The summed E-state index contributed by atoms with van der Waals surface area (Å²) in [6.07, 6.45) is 6.62. The first-order valence-electron chi connectivity index (χ1n) is 16.1. The first kappa shape index (κ1) is 26.3.